The van der Waals surface area contributed by atoms with E-state index in [1.54, 1.807) is 46.2 Å². The average Bonchev–Trinajstić information content (AvgIpc) is 3.17. The van der Waals surface area contributed by atoms with Crippen LogP contribution in [0.15, 0.2) is 48.5 Å². The van der Waals surface area contributed by atoms with Crippen LogP contribution in [-0.2, 0) is 9.59 Å². The van der Waals surface area contributed by atoms with Gasteiger partial charge in [-0.05, 0) is 36.8 Å². The van der Waals surface area contributed by atoms with Crippen LogP contribution in [0.1, 0.15) is 23.2 Å². The lowest BCUT2D eigenvalue weighted by atomic mass is 10.1. The van der Waals surface area contributed by atoms with Crippen LogP contribution >= 0.6 is 0 Å². The Bertz CT molecular complexity index is 943. The van der Waals surface area contributed by atoms with Gasteiger partial charge in [-0.1, -0.05) is 18.2 Å². The lowest BCUT2D eigenvalue weighted by molar-refractivity contribution is -0.127. The molecular formula is C21H21N3O4. The summed E-state index contributed by atoms with van der Waals surface area (Å²) in [6.07, 6.45) is 0.567. The van der Waals surface area contributed by atoms with Gasteiger partial charge >= 0.3 is 0 Å². The SMILES string of the molecule is CNC(=O)[C@H]1CN(C(=O)c2cccc(N3CCCC3=O)c2)c2ccccc2O1. The van der Waals surface area contributed by atoms with E-state index in [0.29, 0.717) is 30.0 Å². The maximum Gasteiger partial charge on any atom is 0.262 e. The lowest BCUT2D eigenvalue weighted by Crippen LogP contribution is -2.50. The topological polar surface area (TPSA) is 79.0 Å². The first-order chi connectivity index (χ1) is 13.6. The number of rotatable bonds is 3. The zero-order valence-corrected chi connectivity index (χ0v) is 15.6. The standard InChI is InChI=1S/C21H21N3O4/c1-22-20(26)18-13-24(16-8-2-3-9-17(16)28-18)21(27)14-6-4-7-15(12-14)23-11-5-10-19(23)25/h2-4,6-9,12,18H,5,10-11,13H2,1H3,(H,22,26)/t18-/m1/s1. The molecule has 0 unspecified atom stereocenters. The van der Waals surface area contributed by atoms with Gasteiger partial charge in [-0.25, -0.2) is 0 Å². The fourth-order valence-corrected chi connectivity index (χ4v) is 3.61. The van der Waals surface area contributed by atoms with Gasteiger partial charge in [-0.15, -0.1) is 0 Å². The van der Waals surface area contributed by atoms with Gasteiger partial charge in [0.1, 0.15) is 5.75 Å². The fraction of sp³-hybridized carbons (Fsp3) is 0.286. The molecule has 4 rings (SSSR count). The van der Waals surface area contributed by atoms with Crippen LogP contribution in [0.4, 0.5) is 11.4 Å². The van der Waals surface area contributed by atoms with Crippen molar-refractivity contribution in [2.45, 2.75) is 18.9 Å². The highest BCUT2D eigenvalue weighted by Gasteiger charge is 2.34. The number of nitrogens with one attached hydrogen (secondary N) is 1. The molecule has 2 heterocycles. The molecule has 2 aliphatic heterocycles. The summed E-state index contributed by atoms with van der Waals surface area (Å²) in [5, 5.41) is 2.57. The number of hydrogen-bond donors (Lipinski definition) is 1. The second-order valence-electron chi connectivity index (χ2n) is 6.80. The molecule has 7 nitrogen and oxygen atoms in total. The molecular weight excluding hydrogens is 358 g/mol. The number of benzene rings is 2. The quantitative estimate of drug-likeness (QED) is 0.884. The number of nitrogens with zero attached hydrogens (tertiary/aromatic N) is 2. The minimum absolute atomic E-state index is 0.0704. The van der Waals surface area contributed by atoms with Crippen LogP contribution in [-0.4, -0.2) is 44.0 Å². The maximum absolute atomic E-state index is 13.3. The number of likely N-dealkylation sites (N-methyl/N-ethyl adjacent to an activating group) is 1. The smallest absolute Gasteiger partial charge is 0.262 e. The van der Waals surface area contributed by atoms with E-state index in [-0.39, 0.29) is 24.3 Å². The highest BCUT2D eigenvalue weighted by atomic mass is 16.5. The molecule has 0 radical (unpaired) electrons. The van der Waals surface area contributed by atoms with Crippen molar-refractivity contribution in [1.82, 2.24) is 5.32 Å². The van der Waals surface area contributed by atoms with Gasteiger partial charge in [-0.2, -0.15) is 0 Å². The molecule has 1 atom stereocenters. The summed E-state index contributed by atoms with van der Waals surface area (Å²) in [7, 11) is 1.54. The van der Waals surface area contributed by atoms with E-state index in [9.17, 15) is 14.4 Å². The number of hydrogen-bond acceptors (Lipinski definition) is 4. The molecule has 0 bridgehead atoms. The van der Waals surface area contributed by atoms with Crippen molar-refractivity contribution in [2.75, 3.05) is 29.9 Å². The van der Waals surface area contributed by atoms with E-state index in [2.05, 4.69) is 5.32 Å². The average molecular weight is 379 g/mol. The van der Waals surface area contributed by atoms with Crippen LogP contribution < -0.4 is 19.9 Å². The molecule has 2 aromatic carbocycles. The zero-order chi connectivity index (χ0) is 19.7. The van der Waals surface area contributed by atoms with Gasteiger partial charge in [0.25, 0.3) is 11.8 Å². The molecule has 1 fully saturated rings. The summed E-state index contributed by atoms with van der Waals surface area (Å²) < 4.78 is 5.76. The third-order valence-electron chi connectivity index (χ3n) is 5.04. The first kappa shape index (κ1) is 18.0. The third kappa shape index (κ3) is 3.19. The summed E-state index contributed by atoms with van der Waals surface area (Å²) in [6, 6.07) is 14.2. The predicted molar refractivity (Wildman–Crippen MR) is 105 cm³/mol. The Hall–Kier alpha value is -3.35. The summed E-state index contributed by atoms with van der Waals surface area (Å²) in [6.45, 7) is 0.776. The summed E-state index contributed by atoms with van der Waals surface area (Å²) in [4.78, 5) is 40.7. The Morgan fingerprint density at radius 2 is 1.96 bits per heavy atom. The molecule has 28 heavy (non-hydrogen) atoms. The highest BCUT2D eigenvalue weighted by Crippen LogP contribution is 2.34. The monoisotopic (exact) mass is 379 g/mol. The van der Waals surface area contributed by atoms with Crippen molar-refractivity contribution in [3.63, 3.8) is 0 Å². The molecule has 0 aromatic heterocycles. The number of anilines is 2. The van der Waals surface area contributed by atoms with E-state index in [0.717, 1.165) is 12.1 Å². The van der Waals surface area contributed by atoms with Gasteiger partial charge in [0.2, 0.25) is 5.91 Å². The number of carbonyl (C=O) groups excluding carboxylic acids is 3. The van der Waals surface area contributed by atoms with Gasteiger partial charge in [-0.3, -0.25) is 14.4 Å². The number of carbonyl (C=O) groups is 3. The van der Waals surface area contributed by atoms with Crippen LogP contribution in [0.25, 0.3) is 0 Å². The molecule has 7 heteroatoms. The molecule has 0 spiro atoms. The summed E-state index contributed by atoms with van der Waals surface area (Å²) >= 11 is 0. The number of para-hydroxylation sites is 2. The maximum atomic E-state index is 13.3. The predicted octanol–water partition coefficient (Wildman–Crippen LogP) is 1.97. The van der Waals surface area contributed by atoms with E-state index < -0.39 is 6.10 Å². The van der Waals surface area contributed by atoms with Crippen LogP contribution in [0, 0.1) is 0 Å². The molecule has 2 aliphatic rings. The van der Waals surface area contributed by atoms with Crippen molar-refractivity contribution >= 4 is 29.1 Å². The number of amides is 3. The molecule has 0 aliphatic carbocycles. The van der Waals surface area contributed by atoms with E-state index in [1.165, 1.54) is 7.05 Å². The Morgan fingerprint density at radius 1 is 1.14 bits per heavy atom. The van der Waals surface area contributed by atoms with Crippen LogP contribution in [0.3, 0.4) is 0 Å². The normalized spacial score (nSPS) is 18.5. The van der Waals surface area contributed by atoms with Crippen molar-refractivity contribution in [3.05, 3.63) is 54.1 Å². The van der Waals surface area contributed by atoms with Crippen LogP contribution in [0.2, 0.25) is 0 Å². The molecule has 1 saturated heterocycles. The van der Waals surface area contributed by atoms with E-state index in [1.807, 2.05) is 12.1 Å². The summed E-state index contributed by atoms with van der Waals surface area (Å²) in [5.41, 5.74) is 1.80. The van der Waals surface area contributed by atoms with Crippen molar-refractivity contribution in [3.8, 4) is 5.75 Å². The second-order valence-corrected chi connectivity index (χ2v) is 6.80. The first-order valence-corrected chi connectivity index (χ1v) is 9.28. The van der Waals surface area contributed by atoms with Gasteiger partial charge in [0, 0.05) is 31.3 Å². The molecule has 1 N–H and O–H groups in total. The third-order valence-corrected chi connectivity index (χ3v) is 5.04. The van der Waals surface area contributed by atoms with Gasteiger partial charge in [0.05, 0.1) is 12.2 Å². The number of fused-ring (bicyclic) bond motifs is 1. The Balaban J connectivity index is 1.67. The van der Waals surface area contributed by atoms with Gasteiger partial charge < -0.3 is 19.9 Å². The Labute approximate surface area is 162 Å². The number of ether oxygens (including phenoxy) is 1. The van der Waals surface area contributed by atoms with Crippen LogP contribution in [0.5, 0.6) is 5.75 Å². The summed E-state index contributed by atoms with van der Waals surface area (Å²) in [5.74, 6) is 0.0319. The Morgan fingerprint density at radius 3 is 2.71 bits per heavy atom. The lowest BCUT2D eigenvalue weighted by Gasteiger charge is -2.34. The minimum Gasteiger partial charge on any atom is -0.477 e. The van der Waals surface area contributed by atoms with E-state index in [4.69, 9.17) is 4.74 Å². The van der Waals surface area contributed by atoms with Crippen molar-refractivity contribution in [1.29, 1.82) is 0 Å². The van der Waals surface area contributed by atoms with E-state index >= 15 is 0 Å². The Kier molecular flexibility index (Phi) is 4.73. The second kappa shape index (κ2) is 7.34. The van der Waals surface area contributed by atoms with Crippen molar-refractivity contribution < 1.29 is 19.1 Å². The largest absolute Gasteiger partial charge is 0.477 e. The molecule has 3 amide bonds. The molecule has 2 aromatic rings. The molecule has 0 saturated carbocycles. The fourth-order valence-electron chi connectivity index (χ4n) is 3.61. The van der Waals surface area contributed by atoms with Gasteiger partial charge in [0.15, 0.2) is 6.10 Å². The van der Waals surface area contributed by atoms with Crippen molar-refractivity contribution in [2.24, 2.45) is 0 Å². The first-order valence-electron chi connectivity index (χ1n) is 9.28. The molecule has 144 valence electrons. The zero-order valence-electron chi connectivity index (χ0n) is 15.6. The highest BCUT2D eigenvalue weighted by molar-refractivity contribution is 6.09. The minimum atomic E-state index is -0.785.